The molecular weight excluding hydrogens is 263 g/mol. The van der Waals surface area contributed by atoms with Crippen molar-refractivity contribution in [2.24, 2.45) is 0 Å². The van der Waals surface area contributed by atoms with Crippen LogP contribution in [0.4, 0.5) is 4.39 Å². The first-order valence-corrected chi connectivity index (χ1v) is 8.32. The molecule has 1 aromatic rings. The summed E-state index contributed by atoms with van der Waals surface area (Å²) in [4.78, 5) is 2.43. The summed E-state index contributed by atoms with van der Waals surface area (Å²) in [7, 11) is 2.20. The van der Waals surface area contributed by atoms with Crippen LogP contribution in [-0.4, -0.2) is 30.6 Å². The number of nitrogens with zero attached hydrogens (tertiary/aromatic N) is 1. The quantitative estimate of drug-likeness (QED) is 0.848. The maximum atomic E-state index is 13.1. The molecule has 2 nitrogen and oxygen atoms in total. The Morgan fingerprint density at radius 1 is 1.33 bits per heavy atom. The second kappa shape index (κ2) is 7.90. The highest BCUT2D eigenvalue weighted by atomic mass is 19.1. The lowest BCUT2D eigenvalue weighted by Crippen LogP contribution is -2.46. The molecular formula is C18H29FN2. The molecule has 118 valence electrons. The summed E-state index contributed by atoms with van der Waals surface area (Å²) >= 11 is 0. The highest BCUT2D eigenvalue weighted by molar-refractivity contribution is 5.20. The molecule has 2 rings (SSSR count). The summed E-state index contributed by atoms with van der Waals surface area (Å²) in [5, 5.41) is 3.83. The minimum Gasteiger partial charge on any atom is -0.307 e. The van der Waals surface area contributed by atoms with E-state index >= 15 is 0 Å². The molecule has 1 N–H and O–H groups in total. The van der Waals surface area contributed by atoms with E-state index in [1.165, 1.54) is 31.2 Å². The van der Waals surface area contributed by atoms with Crippen LogP contribution in [0.1, 0.15) is 57.6 Å². The first-order valence-electron chi connectivity index (χ1n) is 8.32. The molecule has 1 heterocycles. The van der Waals surface area contributed by atoms with Crippen molar-refractivity contribution >= 4 is 0 Å². The van der Waals surface area contributed by atoms with Crippen molar-refractivity contribution in [3.8, 4) is 0 Å². The minimum atomic E-state index is -0.152. The van der Waals surface area contributed by atoms with Crippen LogP contribution < -0.4 is 5.32 Å². The van der Waals surface area contributed by atoms with Gasteiger partial charge in [-0.1, -0.05) is 31.9 Å². The second-order valence-corrected chi connectivity index (χ2v) is 6.46. The van der Waals surface area contributed by atoms with E-state index in [1.54, 1.807) is 12.1 Å². The fourth-order valence-electron chi connectivity index (χ4n) is 3.17. The first kappa shape index (κ1) is 16.4. The summed E-state index contributed by atoms with van der Waals surface area (Å²) in [6, 6.07) is 8.58. The van der Waals surface area contributed by atoms with Gasteiger partial charge < -0.3 is 10.2 Å². The van der Waals surface area contributed by atoms with Crippen molar-refractivity contribution in [3.05, 3.63) is 35.6 Å². The molecule has 1 fully saturated rings. The van der Waals surface area contributed by atoms with Crippen molar-refractivity contribution < 1.29 is 4.39 Å². The van der Waals surface area contributed by atoms with Gasteiger partial charge in [-0.2, -0.15) is 0 Å². The molecule has 3 unspecified atom stereocenters. The standard InChI is InChI=1S/C18H29FN2/c1-4-5-6-18(15-7-9-16(19)10-8-15)20-17-11-12-21(3)14(2)13-17/h7-10,14,17-18,20H,4-6,11-13H2,1-3H3. The van der Waals surface area contributed by atoms with Crippen molar-refractivity contribution in [2.45, 2.75) is 64.1 Å². The van der Waals surface area contributed by atoms with Crippen LogP contribution in [0.5, 0.6) is 0 Å². The normalized spacial score (nSPS) is 25.0. The molecule has 0 bridgehead atoms. The van der Waals surface area contributed by atoms with Crippen molar-refractivity contribution in [1.29, 1.82) is 0 Å². The molecule has 3 heteroatoms. The third-order valence-corrected chi connectivity index (χ3v) is 4.76. The summed E-state index contributed by atoms with van der Waals surface area (Å²) in [5.74, 6) is -0.152. The number of benzene rings is 1. The van der Waals surface area contributed by atoms with Crippen molar-refractivity contribution in [2.75, 3.05) is 13.6 Å². The summed E-state index contributed by atoms with van der Waals surface area (Å²) in [5.41, 5.74) is 1.22. The van der Waals surface area contributed by atoms with Gasteiger partial charge in [0.1, 0.15) is 5.82 Å². The predicted molar refractivity (Wildman–Crippen MR) is 86.9 cm³/mol. The summed E-state index contributed by atoms with van der Waals surface area (Å²) < 4.78 is 13.1. The van der Waals surface area contributed by atoms with Gasteiger partial charge >= 0.3 is 0 Å². The maximum absolute atomic E-state index is 13.1. The molecule has 0 saturated carbocycles. The topological polar surface area (TPSA) is 15.3 Å². The van der Waals surface area contributed by atoms with Gasteiger partial charge in [0, 0.05) is 18.1 Å². The fourth-order valence-corrected chi connectivity index (χ4v) is 3.17. The number of rotatable bonds is 6. The Kier molecular flexibility index (Phi) is 6.19. The van der Waals surface area contributed by atoms with Gasteiger partial charge in [0.25, 0.3) is 0 Å². The highest BCUT2D eigenvalue weighted by Gasteiger charge is 2.25. The molecule has 1 saturated heterocycles. The van der Waals surface area contributed by atoms with Crippen LogP contribution in [0.15, 0.2) is 24.3 Å². The third-order valence-electron chi connectivity index (χ3n) is 4.76. The van der Waals surface area contributed by atoms with Crippen LogP contribution in [0.25, 0.3) is 0 Å². The molecule has 0 spiro atoms. The molecule has 0 aromatic heterocycles. The van der Waals surface area contributed by atoms with Gasteiger partial charge in [0.05, 0.1) is 0 Å². The third kappa shape index (κ3) is 4.79. The number of piperidine rings is 1. The summed E-state index contributed by atoms with van der Waals surface area (Å²) in [6.45, 7) is 5.68. The van der Waals surface area contributed by atoms with E-state index in [4.69, 9.17) is 0 Å². The Balaban J connectivity index is 2.00. The largest absolute Gasteiger partial charge is 0.307 e. The Morgan fingerprint density at radius 3 is 2.67 bits per heavy atom. The lowest BCUT2D eigenvalue weighted by atomic mass is 9.95. The number of halogens is 1. The average Bonchev–Trinajstić information content (AvgIpc) is 2.48. The van der Waals surface area contributed by atoms with Crippen LogP contribution >= 0.6 is 0 Å². The Bertz CT molecular complexity index is 418. The van der Waals surface area contributed by atoms with Gasteiger partial charge in [0.15, 0.2) is 0 Å². The van der Waals surface area contributed by atoms with Crippen LogP contribution in [0.3, 0.4) is 0 Å². The molecule has 0 aliphatic carbocycles. The maximum Gasteiger partial charge on any atom is 0.123 e. The lowest BCUT2D eigenvalue weighted by Gasteiger charge is -2.37. The molecule has 1 aliphatic rings. The lowest BCUT2D eigenvalue weighted by molar-refractivity contribution is 0.161. The second-order valence-electron chi connectivity index (χ2n) is 6.46. The molecule has 1 aliphatic heterocycles. The number of unbranched alkanes of at least 4 members (excludes halogenated alkanes) is 1. The zero-order chi connectivity index (χ0) is 15.2. The van der Waals surface area contributed by atoms with Gasteiger partial charge in [-0.05, 0) is 57.5 Å². The zero-order valence-electron chi connectivity index (χ0n) is 13.6. The number of hydrogen-bond acceptors (Lipinski definition) is 2. The average molecular weight is 292 g/mol. The zero-order valence-corrected chi connectivity index (χ0v) is 13.6. The van der Waals surface area contributed by atoms with E-state index in [0.717, 1.165) is 13.0 Å². The monoisotopic (exact) mass is 292 g/mol. The van der Waals surface area contributed by atoms with E-state index in [1.807, 2.05) is 12.1 Å². The van der Waals surface area contributed by atoms with Crippen LogP contribution in [0.2, 0.25) is 0 Å². The van der Waals surface area contributed by atoms with E-state index < -0.39 is 0 Å². The smallest absolute Gasteiger partial charge is 0.123 e. The fraction of sp³-hybridized carbons (Fsp3) is 0.667. The molecule has 0 amide bonds. The van der Waals surface area contributed by atoms with E-state index in [0.29, 0.717) is 18.1 Å². The van der Waals surface area contributed by atoms with E-state index in [9.17, 15) is 4.39 Å². The molecule has 0 radical (unpaired) electrons. The minimum absolute atomic E-state index is 0.152. The van der Waals surface area contributed by atoms with Crippen molar-refractivity contribution in [1.82, 2.24) is 10.2 Å². The Morgan fingerprint density at radius 2 is 2.05 bits per heavy atom. The van der Waals surface area contributed by atoms with Gasteiger partial charge in [-0.3, -0.25) is 0 Å². The number of likely N-dealkylation sites (tertiary alicyclic amines) is 1. The SMILES string of the molecule is CCCCC(NC1CCN(C)C(C)C1)c1ccc(F)cc1. The molecule has 3 atom stereocenters. The van der Waals surface area contributed by atoms with Crippen LogP contribution in [-0.2, 0) is 0 Å². The van der Waals surface area contributed by atoms with E-state index in [-0.39, 0.29) is 5.82 Å². The Labute approximate surface area is 128 Å². The summed E-state index contributed by atoms with van der Waals surface area (Å²) in [6.07, 6.45) is 5.92. The number of nitrogens with one attached hydrogen (secondary N) is 1. The van der Waals surface area contributed by atoms with Crippen molar-refractivity contribution in [3.63, 3.8) is 0 Å². The molecule has 1 aromatic carbocycles. The van der Waals surface area contributed by atoms with Gasteiger partial charge in [0.2, 0.25) is 0 Å². The highest BCUT2D eigenvalue weighted by Crippen LogP contribution is 2.24. The van der Waals surface area contributed by atoms with Gasteiger partial charge in [-0.15, -0.1) is 0 Å². The molecule has 21 heavy (non-hydrogen) atoms. The van der Waals surface area contributed by atoms with E-state index in [2.05, 4.69) is 31.1 Å². The first-order chi connectivity index (χ1) is 10.1. The predicted octanol–water partition coefficient (Wildman–Crippen LogP) is 4.13. The van der Waals surface area contributed by atoms with Gasteiger partial charge in [-0.25, -0.2) is 4.39 Å². The van der Waals surface area contributed by atoms with Crippen LogP contribution in [0, 0.1) is 5.82 Å². The Hall–Kier alpha value is -0.930. The number of hydrogen-bond donors (Lipinski definition) is 1.